The second-order valence-electron chi connectivity index (χ2n) is 6.64. The maximum atomic E-state index is 12.5. The standard InChI is InChI=1S/C17H25N3O3S/c1-19-10-3-6-15(19)8-9-18-24(22,23)16-7-2-5-14(13-16)17(21)20-11-4-12-20/h2,5,7,13,15,18H,3-4,6,8-12H2,1H3/t15-/m1/s1. The number of nitrogens with zero attached hydrogens (tertiary/aromatic N) is 2. The Balaban J connectivity index is 1.62. The van der Waals surface area contributed by atoms with E-state index in [0.29, 0.717) is 18.2 Å². The van der Waals surface area contributed by atoms with Gasteiger partial charge >= 0.3 is 0 Å². The molecule has 6 nitrogen and oxygen atoms in total. The molecule has 0 spiro atoms. The lowest BCUT2D eigenvalue weighted by Gasteiger charge is -2.31. The molecule has 2 heterocycles. The Kier molecular flexibility index (Phi) is 5.22. The Labute approximate surface area is 143 Å². The lowest BCUT2D eigenvalue weighted by molar-refractivity contribution is 0.0651. The SMILES string of the molecule is CN1CCC[C@@H]1CCNS(=O)(=O)c1cccc(C(=O)N2CCC2)c1. The summed E-state index contributed by atoms with van der Waals surface area (Å²) in [6.45, 7) is 3.01. The lowest BCUT2D eigenvalue weighted by atomic mass is 10.1. The first-order valence-corrected chi connectivity index (χ1v) is 10.0. The molecule has 0 bridgehead atoms. The van der Waals surface area contributed by atoms with Crippen LogP contribution in [0, 0.1) is 0 Å². The summed E-state index contributed by atoms with van der Waals surface area (Å²) >= 11 is 0. The zero-order valence-electron chi connectivity index (χ0n) is 14.1. The summed E-state index contributed by atoms with van der Waals surface area (Å²) in [5, 5.41) is 0. The largest absolute Gasteiger partial charge is 0.339 e. The van der Waals surface area contributed by atoms with Crippen LogP contribution in [0.3, 0.4) is 0 Å². The molecule has 3 rings (SSSR count). The van der Waals surface area contributed by atoms with Gasteiger partial charge < -0.3 is 9.80 Å². The Hall–Kier alpha value is -1.44. The topological polar surface area (TPSA) is 69.7 Å². The Morgan fingerprint density at radius 2 is 2.04 bits per heavy atom. The van der Waals surface area contributed by atoms with Crippen molar-refractivity contribution in [2.24, 2.45) is 0 Å². The molecule has 1 amide bonds. The van der Waals surface area contributed by atoms with Gasteiger partial charge in [-0.1, -0.05) is 6.07 Å². The summed E-state index contributed by atoms with van der Waals surface area (Å²) in [7, 11) is -1.50. The Morgan fingerprint density at radius 1 is 1.25 bits per heavy atom. The average molecular weight is 351 g/mol. The van der Waals surface area contributed by atoms with E-state index in [1.807, 2.05) is 0 Å². The number of sulfonamides is 1. The van der Waals surface area contributed by atoms with Crippen molar-refractivity contribution in [3.63, 3.8) is 0 Å². The quantitative estimate of drug-likeness (QED) is 0.839. The van der Waals surface area contributed by atoms with Gasteiger partial charge in [0, 0.05) is 31.2 Å². The highest BCUT2D eigenvalue weighted by Crippen LogP contribution is 2.19. The normalized spacial score (nSPS) is 21.7. The zero-order valence-corrected chi connectivity index (χ0v) is 14.9. The van der Waals surface area contributed by atoms with Crippen molar-refractivity contribution in [1.29, 1.82) is 0 Å². The highest BCUT2D eigenvalue weighted by molar-refractivity contribution is 7.89. The van der Waals surface area contributed by atoms with Gasteiger partial charge in [-0.2, -0.15) is 0 Å². The van der Waals surface area contributed by atoms with Gasteiger partial charge in [-0.25, -0.2) is 13.1 Å². The average Bonchev–Trinajstić information content (AvgIpc) is 2.91. The summed E-state index contributed by atoms with van der Waals surface area (Å²) in [6, 6.07) is 6.77. The van der Waals surface area contributed by atoms with Crippen molar-refractivity contribution >= 4 is 15.9 Å². The van der Waals surface area contributed by atoms with Crippen LogP contribution in [-0.2, 0) is 10.0 Å². The van der Waals surface area contributed by atoms with Crippen molar-refractivity contribution in [3.8, 4) is 0 Å². The molecule has 1 atom stereocenters. The third-order valence-electron chi connectivity index (χ3n) is 4.98. The lowest BCUT2D eigenvalue weighted by Crippen LogP contribution is -2.42. The van der Waals surface area contributed by atoms with Crippen LogP contribution in [0.1, 0.15) is 36.0 Å². The van der Waals surface area contributed by atoms with Gasteiger partial charge in [0.05, 0.1) is 4.90 Å². The Bertz CT molecular complexity index is 701. The van der Waals surface area contributed by atoms with E-state index < -0.39 is 10.0 Å². The van der Waals surface area contributed by atoms with Crippen molar-refractivity contribution in [3.05, 3.63) is 29.8 Å². The summed E-state index contributed by atoms with van der Waals surface area (Å²) in [5.41, 5.74) is 0.438. The van der Waals surface area contributed by atoms with Crippen molar-refractivity contribution in [2.75, 3.05) is 33.2 Å². The molecular weight excluding hydrogens is 326 g/mol. The highest BCUT2D eigenvalue weighted by Gasteiger charge is 2.24. The van der Waals surface area contributed by atoms with E-state index in [9.17, 15) is 13.2 Å². The van der Waals surface area contributed by atoms with E-state index in [0.717, 1.165) is 38.9 Å². The summed E-state index contributed by atoms with van der Waals surface area (Å²) < 4.78 is 27.6. The molecule has 2 saturated heterocycles. The molecule has 24 heavy (non-hydrogen) atoms. The molecule has 1 aromatic rings. The maximum Gasteiger partial charge on any atom is 0.253 e. The minimum Gasteiger partial charge on any atom is -0.339 e. The number of likely N-dealkylation sites (tertiary alicyclic amines) is 2. The van der Waals surface area contributed by atoms with Crippen LogP contribution < -0.4 is 4.72 Å². The van der Waals surface area contributed by atoms with Crippen LogP contribution in [0.2, 0.25) is 0 Å². The molecule has 2 aliphatic rings. The number of rotatable bonds is 6. The van der Waals surface area contributed by atoms with Gasteiger partial charge in [0.1, 0.15) is 0 Å². The van der Waals surface area contributed by atoms with Crippen molar-refractivity contribution < 1.29 is 13.2 Å². The molecule has 0 aliphatic carbocycles. The van der Waals surface area contributed by atoms with E-state index in [1.165, 1.54) is 18.6 Å². The third kappa shape index (κ3) is 3.79. The van der Waals surface area contributed by atoms with Crippen LogP contribution in [-0.4, -0.2) is 63.4 Å². The van der Waals surface area contributed by atoms with E-state index in [4.69, 9.17) is 0 Å². The molecule has 132 valence electrons. The molecule has 0 unspecified atom stereocenters. The number of hydrogen-bond donors (Lipinski definition) is 1. The number of benzene rings is 1. The zero-order chi connectivity index (χ0) is 17.2. The molecule has 2 fully saturated rings. The van der Waals surface area contributed by atoms with Gasteiger partial charge in [-0.3, -0.25) is 4.79 Å². The molecule has 2 aliphatic heterocycles. The highest BCUT2D eigenvalue weighted by atomic mass is 32.2. The summed E-state index contributed by atoms with van der Waals surface area (Å²) in [4.78, 5) is 16.4. The fourth-order valence-corrected chi connectivity index (χ4v) is 4.38. The van der Waals surface area contributed by atoms with Crippen LogP contribution >= 0.6 is 0 Å². The van der Waals surface area contributed by atoms with E-state index >= 15 is 0 Å². The number of hydrogen-bond acceptors (Lipinski definition) is 4. The maximum absolute atomic E-state index is 12.5. The molecule has 0 aromatic heterocycles. The van der Waals surface area contributed by atoms with Gasteiger partial charge in [0.25, 0.3) is 5.91 Å². The van der Waals surface area contributed by atoms with Crippen LogP contribution in [0.5, 0.6) is 0 Å². The second-order valence-corrected chi connectivity index (χ2v) is 8.40. The van der Waals surface area contributed by atoms with Crippen molar-refractivity contribution in [1.82, 2.24) is 14.5 Å². The predicted molar refractivity (Wildman–Crippen MR) is 92.4 cm³/mol. The van der Waals surface area contributed by atoms with Crippen molar-refractivity contribution in [2.45, 2.75) is 36.6 Å². The fraction of sp³-hybridized carbons (Fsp3) is 0.588. The van der Waals surface area contributed by atoms with E-state index in [2.05, 4.69) is 16.7 Å². The second kappa shape index (κ2) is 7.21. The van der Waals surface area contributed by atoms with E-state index in [-0.39, 0.29) is 10.8 Å². The van der Waals surface area contributed by atoms with Gasteiger partial charge in [0.15, 0.2) is 0 Å². The number of amides is 1. The minimum atomic E-state index is -3.58. The molecule has 1 N–H and O–H groups in total. The van der Waals surface area contributed by atoms with Gasteiger partial charge in [0.2, 0.25) is 10.0 Å². The number of carbonyl (C=O) groups excluding carboxylic acids is 1. The van der Waals surface area contributed by atoms with Crippen LogP contribution in [0.25, 0.3) is 0 Å². The smallest absolute Gasteiger partial charge is 0.253 e. The Morgan fingerprint density at radius 3 is 2.67 bits per heavy atom. The summed E-state index contributed by atoms with van der Waals surface area (Å²) in [6.07, 6.45) is 4.12. The summed E-state index contributed by atoms with van der Waals surface area (Å²) in [5.74, 6) is -0.0918. The predicted octanol–water partition coefficient (Wildman–Crippen LogP) is 1.30. The van der Waals surface area contributed by atoms with Crippen LogP contribution in [0.4, 0.5) is 0 Å². The van der Waals surface area contributed by atoms with Gasteiger partial charge in [-0.05, 0) is 57.5 Å². The molecule has 7 heteroatoms. The van der Waals surface area contributed by atoms with E-state index in [1.54, 1.807) is 17.0 Å². The molecule has 0 radical (unpaired) electrons. The number of carbonyl (C=O) groups is 1. The number of nitrogens with one attached hydrogen (secondary N) is 1. The third-order valence-corrected chi connectivity index (χ3v) is 6.43. The van der Waals surface area contributed by atoms with Crippen LogP contribution in [0.15, 0.2) is 29.2 Å². The first-order chi connectivity index (χ1) is 11.5. The molecular formula is C17H25N3O3S. The molecule has 0 saturated carbocycles. The van der Waals surface area contributed by atoms with Gasteiger partial charge in [-0.15, -0.1) is 0 Å². The first-order valence-electron chi connectivity index (χ1n) is 8.56. The fourth-order valence-electron chi connectivity index (χ4n) is 3.29. The monoisotopic (exact) mass is 351 g/mol. The molecule has 1 aromatic carbocycles. The first kappa shape index (κ1) is 17.4. The minimum absolute atomic E-state index is 0.0918.